The third kappa shape index (κ3) is 4.19. The molecule has 0 heterocycles. The quantitative estimate of drug-likeness (QED) is 0.752. The molecule has 0 saturated carbocycles. The summed E-state index contributed by atoms with van der Waals surface area (Å²) >= 11 is 0. The Bertz CT molecular complexity index is 493. The highest BCUT2D eigenvalue weighted by atomic mass is 16.3. The van der Waals surface area contributed by atoms with Gasteiger partial charge in [-0.05, 0) is 6.10 Å². The maximum Gasteiger partial charge on any atom is 0.104 e. The summed E-state index contributed by atoms with van der Waals surface area (Å²) in [5, 5.41) is 12.3. The summed E-state index contributed by atoms with van der Waals surface area (Å²) in [5.74, 6) is 0. The molecular formula is C17H21NO. The molecule has 100 valence electrons. The highest BCUT2D eigenvalue weighted by Gasteiger charge is 2.17. The van der Waals surface area contributed by atoms with Gasteiger partial charge in [-0.1, -0.05) is 66.2 Å². The zero-order valence-electron chi connectivity index (χ0n) is 11.6. The molecule has 19 heavy (non-hydrogen) atoms. The summed E-state index contributed by atoms with van der Waals surface area (Å²) < 4.78 is 0.701. The second-order valence-electron chi connectivity index (χ2n) is 5.66. The number of rotatable bonds is 5. The van der Waals surface area contributed by atoms with Crippen LogP contribution in [0.25, 0.3) is 0 Å². The molecule has 0 radical (unpaired) electrons. The van der Waals surface area contributed by atoms with E-state index in [1.54, 1.807) is 0 Å². The molecule has 2 aromatic rings. The van der Waals surface area contributed by atoms with Crippen molar-refractivity contribution in [1.82, 2.24) is 0 Å². The SMILES string of the molecule is C[N+](C)(Cc1ccccc1)C[C@H]([O-])c1ccccc1. The highest BCUT2D eigenvalue weighted by molar-refractivity contribution is 5.17. The third-order valence-electron chi connectivity index (χ3n) is 3.28. The van der Waals surface area contributed by atoms with E-state index in [2.05, 4.69) is 26.2 Å². The van der Waals surface area contributed by atoms with Crippen molar-refractivity contribution in [3.8, 4) is 0 Å². The molecule has 2 rings (SSSR count). The summed E-state index contributed by atoms with van der Waals surface area (Å²) in [6, 6.07) is 20.0. The topological polar surface area (TPSA) is 23.1 Å². The lowest BCUT2D eigenvalue weighted by molar-refractivity contribution is -0.913. The van der Waals surface area contributed by atoms with Crippen molar-refractivity contribution in [2.45, 2.75) is 12.6 Å². The molecule has 0 spiro atoms. The molecule has 0 amide bonds. The smallest absolute Gasteiger partial charge is 0.104 e. The first-order valence-corrected chi connectivity index (χ1v) is 6.63. The van der Waals surface area contributed by atoms with Gasteiger partial charge in [-0.3, -0.25) is 0 Å². The molecule has 0 aliphatic heterocycles. The Morgan fingerprint density at radius 3 is 2.00 bits per heavy atom. The Hall–Kier alpha value is -1.64. The Balaban J connectivity index is 2.01. The normalized spacial score (nSPS) is 13.2. The molecule has 0 bridgehead atoms. The summed E-state index contributed by atoms with van der Waals surface area (Å²) in [6.45, 7) is 1.48. The van der Waals surface area contributed by atoms with Crippen molar-refractivity contribution in [2.75, 3.05) is 20.6 Å². The predicted molar refractivity (Wildman–Crippen MR) is 76.3 cm³/mol. The predicted octanol–water partition coefficient (Wildman–Crippen LogP) is 2.36. The fraction of sp³-hybridized carbons (Fsp3) is 0.294. The summed E-state index contributed by atoms with van der Waals surface area (Å²) in [6.07, 6.45) is -0.667. The number of quaternary nitrogens is 1. The molecule has 0 unspecified atom stereocenters. The average Bonchev–Trinajstić information content (AvgIpc) is 2.39. The van der Waals surface area contributed by atoms with E-state index in [4.69, 9.17) is 0 Å². The lowest BCUT2D eigenvalue weighted by Crippen LogP contribution is -2.44. The van der Waals surface area contributed by atoms with Gasteiger partial charge in [0.15, 0.2) is 0 Å². The first kappa shape index (κ1) is 13.8. The largest absolute Gasteiger partial charge is 0.845 e. The van der Waals surface area contributed by atoms with E-state index in [0.29, 0.717) is 11.0 Å². The van der Waals surface area contributed by atoms with Gasteiger partial charge in [0.05, 0.1) is 20.6 Å². The van der Waals surface area contributed by atoms with E-state index in [1.165, 1.54) is 5.56 Å². The van der Waals surface area contributed by atoms with Crippen LogP contribution in [-0.2, 0) is 6.54 Å². The first-order valence-electron chi connectivity index (χ1n) is 6.63. The van der Waals surface area contributed by atoms with Gasteiger partial charge in [-0.25, -0.2) is 0 Å². The number of benzene rings is 2. The maximum atomic E-state index is 12.3. The minimum absolute atomic E-state index is 0.596. The van der Waals surface area contributed by atoms with Gasteiger partial charge in [0, 0.05) is 5.56 Å². The molecule has 0 aliphatic carbocycles. The molecule has 0 aliphatic rings. The fourth-order valence-corrected chi connectivity index (χ4v) is 2.36. The Kier molecular flexibility index (Phi) is 4.35. The Morgan fingerprint density at radius 1 is 0.895 bits per heavy atom. The molecule has 2 heteroatoms. The van der Waals surface area contributed by atoms with Crippen LogP contribution >= 0.6 is 0 Å². The zero-order chi connectivity index (χ0) is 13.7. The third-order valence-corrected chi connectivity index (χ3v) is 3.28. The van der Waals surface area contributed by atoms with E-state index < -0.39 is 6.10 Å². The summed E-state index contributed by atoms with van der Waals surface area (Å²) in [5.41, 5.74) is 2.15. The van der Waals surface area contributed by atoms with Crippen LogP contribution in [0, 0.1) is 0 Å². The van der Waals surface area contributed by atoms with Crippen LogP contribution in [-0.4, -0.2) is 25.1 Å². The van der Waals surface area contributed by atoms with Crippen molar-refractivity contribution in [1.29, 1.82) is 0 Å². The van der Waals surface area contributed by atoms with Crippen LogP contribution in [0.15, 0.2) is 60.7 Å². The Morgan fingerprint density at radius 2 is 1.42 bits per heavy atom. The monoisotopic (exact) mass is 255 g/mol. The first-order chi connectivity index (χ1) is 9.07. The van der Waals surface area contributed by atoms with Gasteiger partial charge in [-0.2, -0.15) is 0 Å². The zero-order valence-corrected chi connectivity index (χ0v) is 11.6. The molecular weight excluding hydrogens is 234 g/mol. The van der Waals surface area contributed by atoms with E-state index in [1.807, 2.05) is 48.5 Å². The van der Waals surface area contributed by atoms with Crippen LogP contribution in [0.1, 0.15) is 17.2 Å². The van der Waals surface area contributed by atoms with E-state index in [-0.39, 0.29) is 0 Å². The van der Waals surface area contributed by atoms with Crippen LogP contribution in [0.4, 0.5) is 0 Å². The van der Waals surface area contributed by atoms with E-state index >= 15 is 0 Å². The van der Waals surface area contributed by atoms with Gasteiger partial charge >= 0.3 is 0 Å². The number of nitrogens with zero attached hydrogens (tertiary/aromatic N) is 1. The molecule has 0 saturated heterocycles. The van der Waals surface area contributed by atoms with Crippen LogP contribution < -0.4 is 5.11 Å². The second kappa shape index (κ2) is 6.00. The van der Waals surface area contributed by atoms with Gasteiger partial charge in [0.25, 0.3) is 0 Å². The maximum absolute atomic E-state index is 12.3. The van der Waals surface area contributed by atoms with E-state index in [9.17, 15) is 5.11 Å². The summed E-state index contributed by atoms with van der Waals surface area (Å²) in [4.78, 5) is 0. The number of likely N-dealkylation sites (N-methyl/N-ethyl adjacent to an activating group) is 1. The standard InChI is InChI=1S/C17H21NO/c1-18(2,13-15-9-5-3-6-10-15)14-17(19)16-11-7-4-8-12-16/h3-12,17H,13-14H2,1-2H3/t17-/m0/s1. The lowest BCUT2D eigenvalue weighted by Gasteiger charge is -2.36. The minimum Gasteiger partial charge on any atom is -0.845 e. The lowest BCUT2D eigenvalue weighted by atomic mass is 10.1. The summed E-state index contributed by atoms with van der Waals surface area (Å²) in [7, 11) is 4.22. The molecule has 1 atom stereocenters. The molecule has 0 fully saturated rings. The molecule has 0 aromatic heterocycles. The van der Waals surface area contributed by atoms with Crippen LogP contribution in [0.5, 0.6) is 0 Å². The van der Waals surface area contributed by atoms with Gasteiger partial charge in [0.1, 0.15) is 6.54 Å². The van der Waals surface area contributed by atoms with Crippen molar-refractivity contribution < 1.29 is 9.59 Å². The van der Waals surface area contributed by atoms with Crippen molar-refractivity contribution >= 4 is 0 Å². The fourth-order valence-electron chi connectivity index (χ4n) is 2.36. The number of hydrogen-bond acceptors (Lipinski definition) is 1. The van der Waals surface area contributed by atoms with Gasteiger partial charge in [0.2, 0.25) is 0 Å². The molecule has 2 aromatic carbocycles. The molecule has 0 N–H and O–H groups in total. The van der Waals surface area contributed by atoms with Crippen molar-refractivity contribution in [2.24, 2.45) is 0 Å². The second-order valence-corrected chi connectivity index (χ2v) is 5.66. The van der Waals surface area contributed by atoms with Gasteiger partial charge in [-0.15, -0.1) is 0 Å². The van der Waals surface area contributed by atoms with Crippen LogP contribution in [0.2, 0.25) is 0 Å². The average molecular weight is 255 g/mol. The molecule has 2 nitrogen and oxygen atoms in total. The minimum atomic E-state index is -0.667. The van der Waals surface area contributed by atoms with Crippen molar-refractivity contribution in [3.63, 3.8) is 0 Å². The van der Waals surface area contributed by atoms with Crippen LogP contribution in [0.3, 0.4) is 0 Å². The Labute approximate surface area is 115 Å². The highest BCUT2D eigenvalue weighted by Crippen LogP contribution is 2.16. The van der Waals surface area contributed by atoms with Gasteiger partial charge < -0.3 is 9.59 Å². The van der Waals surface area contributed by atoms with Crippen molar-refractivity contribution in [3.05, 3.63) is 71.8 Å². The van der Waals surface area contributed by atoms with E-state index in [0.717, 1.165) is 12.1 Å². The number of hydrogen-bond donors (Lipinski definition) is 0.